The van der Waals surface area contributed by atoms with Crippen molar-refractivity contribution >= 4 is 11.6 Å². The van der Waals surface area contributed by atoms with Crippen LogP contribution in [0.25, 0.3) is 0 Å². The lowest BCUT2D eigenvalue weighted by molar-refractivity contribution is -0.384. The zero-order chi connectivity index (χ0) is 14.1. The lowest BCUT2D eigenvalue weighted by atomic mass is 10.1. The highest BCUT2D eigenvalue weighted by Crippen LogP contribution is 2.29. The zero-order valence-electron chi connectivity index (χ0n) is 11.1. The van der Waals surface area contributed by atoms with E-state index in [9.17, 15) is 14.9 Å². The van der Waals surface area contributed by atoms with Gasteiger partial charge in [-0.15, -0.1) is 0 Å². The summed E-state index contributed by atoms with van der Waals surface area (Å²) in [5.41, 5.74) is 0.299. The zero-order valence-corrected chi connectivity index (χ0v) is 11.1. The first kappa shape index (κ1) is 13.1. The molecule has 3 rings (SSSR count). The van der Waals surface area contributed by atoms with Crippen LogP contribution in [0.4, 0.5) is 5.69 Å². The van der Waals surface area contributed by atoms with E-state index in [4.69, 9.17) is 0 Å². The molecule has 2 aliphatic rings. The summed E-state index contributed by atoms with van der Waals surface area (Å²) in [5, 5.41) is 13.7. The van der Waals surface area contributed by atoms with Gasteiger partial charge in [-0.3, -0.25) is 19.8 Å². The maximum atomic E-state index is 12.1. The number of rotatable bonds is 4. The van der Waals surface area contributed by atoms with E-state index in [1.807, 2.05) is 0 Å². The van der Waals surface area contributed by atoms with Crippen molar-refractivity contribution in [3.8, 4) is 0 Å². The van der Waals surface area contributed by atoms with Crippen LogP contribution in [0.5, 0.6) is 0 Å². The van der Waals surface area contributed by atoms with Gasteiger partial charge >= 0.3 is 0 Å². The normalized spacial score (nSPS) is 22.7. The summed E-state index contributed by atoms with van der Waals surface area (Å²) in [6.45, 7) is 1.93. The average Bonchev–Trinajstić information content (AvgIpc) is 3.20. The Labute approximate surface area is 116 Å². The number of benzene rings is 1. The van der Waals surface area contributed by atoms with Crippen LogP contribution in [0, 0.1) is 10.1 Å². The van der Waals surface area contributed by atoms with Crippen LogP contribution in [0.2, 0.25) is 0 Å². The quantitative estimate of drug-likeness (QED) is 0.668. The number of hydrogen-bond acceptors (Lipinski definition) is 4. The van der Waals surface area contributed by atoms with Crippen molar-refractivity contribution < 1.29 is 9.72 Å². The van der Waals surface area contributed by atoms with E-state index >= 15 is 0 Å². The number of nitro groups is 1. The minimum atomic E-state index is -0.485. The maximum Gasteiger partial charge on any atom is 0.270 e. The molecule has 0 radical (unpaired) electrons. The van der Waals surface area contributed by atoms with Gasteiger partial charge in [0, 0.05) is 42.9 Å². The molecule has 6 nitrogen and oxygen atoms in total. The smallest absolute Gasteiger partial charge is 0.270 e. The van der Waals surface area contributed by atoms with Gasteiger partial charge in [0.1, 0.15) is 0 Å². The molecule has 1 atom stereocenters. The Bertz CT molecular complexity index is 542. The SMILES string of the molecule is O=C(NC1CCN(C2CC2)C1)c1cccc([N+](=O)[O-])c1. The van der Waals surface area contributed by atoms with Crippen LogP contribution in [0.1, 0.15) is 29.6 Å². The molecule has 1 saturated heterocycles. The molecule has 6 heteroatoms. The van der Waals surface area contributed by atoms with Crippen molar-refractivity contribution in [3.05, 3.63) is 39.9 Å². The third kappa shape index (κ3) is 2.80. The molecule has 0 spiro atoms. The lowest BCUT2D eigenvalue weighted by Gasteiger charge is -2.15. The van der Waals surface area contributed by atoms with Crippen molar-refractivity contribution in [1.29, 1.82) is 0 Å². The highest BCUT2D eigenvalue weighted by Gasteiger charge is 2.34. The van der Waals surface area contributed by atoms with Crippen molar-refractivity contribution in [1.82, 2.24) is 10.2 Å². The molecule has 0 bridgehead atoms. The number of non-ortho nitro benzene ring substituents is 1. The molecule has 1 N–H and O–H groups in total. The third-order valence-electron chi connectivity index (χ3n) is 3.94. The van der Waals surface area contributed by atoms with Gasteiger partial charge in [0.2, 0.25) is 0 Å². The van der Waals surface area contributed by atoms with E-state index in [2.05, 4.69) is 10.2 Å². The van der Waals surface area contributed by atoms with Crippen LogP contribution in [-0.2, 0) is 0 Å². The standard InChI is InChI=1S/C14H17N3O3/c18-14(10-2-1-3-13(8-10)17(19)20)15-11-6-7-16(9-11)12-4-5-12/h1-3,8,11-12H,4-7,9H2,(H,15,18). The highest BCUT2D eigenvalue weighted by atomic mass is 16.6. The monoisotopic (exact) mass is 275 g/mol. The highest BCUT2D eigenvalue weighted by molar-refractivity contribution is 5.95. The Hall–Kier alpha value is -1.95. The summed E-state index contributed by atoms with van der Waals surface area (Å²) < 4.78 is 0. The lowest BCUT2D eigenvalue weighted by Crippen LogP contribution is -2.37. The molecular formula is C14H17N3O3. The minimum absolute atomic E-state index is 0.0521. The van der Waals surface area contributed by atoms with Gasteiger partial charge in [0.15, 0.2) is 0 Å². The number of carbonyl (C=O) groups is 1. The van der Waals surface area contributed by atoms with E-state index in [0.29, 0.717) is 5.56 Å². The summed E-state index contributed by atoms with van der Waals surface area (Å²) in [6, 6.07) is 6.73. The molecule has 1 unspecified atom stereocenters. The van der Waals surface area contributed by atoms with E-state index in [1.54, 1.807) is 6.07 Å². The summed E-state index contributed by atoms with van der Waals surface area (Å²) in [6.07, 6.45) is 3.49. The van der Waals surface area contributed by atoms with Crippen molar-refractivity contribution in [2.24, 2.45) is 0 Å². The predicted molar refractivity (Wildman–Crippen MR) is 73.6 cm³/mol. The summed E-state index contributed by atoms with van der Waals surface area (Å²) in [5.74, 6) is -0.226. The largest absolute Gasteiger partial charge is 0.348 e. The Morgan fingerprint density at radius 1 is 1.35 bits per heavy atom. The van der Waals surface area contributed by atoms with Crippen LogP contribution >= 0.6 is 0 Å². The number of likely N-dealkylation sites (tertiary alicyclic amines) is 1. The number of nitrogens with one attached hydrogen (secondary N) is 1. The van der Waals surface area contributed by atoms with Crippen LogP contribution in [0.15, 0.2) is 24.3 Å². The van der Waals surface area contributed by atoms with Gasteiger partial charge in [-0.25, -0.2) is 0 Å². The Balaban J connectivity index is 1.61. The fourth-order valence-corrected chi connectivity index (χ4v) is 2.71. The third-order valence-corrected chi connectivity index (χ3v) is 3.94. The molecule has 1 saturated carbocycles. The molecule has 1 aliphatic carbocycles. The molecular weight excluding hydrogens is 258 g/mol. The van der Waals surface area contributed by atoms with Crippen LogP contribution < -0.4 is 5.32 Å². The van der Waals surface area contributed by atoms with Crippen molar-refractivity contribution in [2.75, 3.05) is 13.1 Å². The molecule has 1 amide bonds. The predicted octanol–water partition coefficient (Wildman–Crippen LogP) is 1.56. The number of hydrogen-bond donors (Lipinski definition) is 1. The summed E-state index contributed by atoms with van der Waals surface area (Å²) in [7, 11) is 0. The van der Waals surface area contributed by atoms with Crippen LogP contribution in [0.3, 0.4) is 0 Å². The average molecular weight is 275 g/mol. The molecule has 0 aromatic heterocycles. The second-order valence-corrected chi connectivity index (χ2v) is 5.49. The Morgan fingerprint density at radius 2 is 2.15 bits per heavy atom. The fraction of sp³-hybridized carbons (Fsp3) is 0.500. The minimum Gasteiger partial charge on any atom is -0.348 e. The Kier molecular flexibility index (Phi) is 3.40. The fourth-order valence-electron chi connectivity index (χ4n) is 2.71. The van der Waals surface area contributed by atoms with Crippen LogP contribution in [-0.4, -0.2) is 40.9 Å². The molecule has 20 heavy (non-hydrogen) atoms. The van der Waals surface area contributed by atoms with E-state index in [0.717, 1.165) is 25.6 Å². The van der Waals surface area contributed by atoms with Crippen molar-refractivity contribution in [2.45, 2.75) is 31.3 Å². The van der Waals surface area contributed by atoms with E-state index in [1.165, 1.54) is 31.0 Å². The molecule has 1 heterocycles. The van der Waals surface area contributed by atoms with Gasteiger partial charge < -0.3 is 5.32 Å². The molecule has 106 valence electrons. The first-order valence-electron chi connectivity index (χ1n) is 6.93. The summed E-state index contributed by atoms with van der Waals surface area (Å²) in [4.78, 5) is 24.8. The molecule has 2 fully saturated rings. The van der Waals surface area contributed by atoms with Gasteiger partial charge in [-0.1, -0.05) is 6.07 Å². The second-order valence-electron chi connectivity index (χ2n) is 5.49. The van der Waals surface area contributed by atoms with Crippen molar-refractivity contribution in [3.63, 3.8) is 0 Å². The molecule has 1 aromatic carbocycles. The first-order chi connectivity index (χ1) is 9.63. The van der Waals surface area contributed by atoms with E-state index < -0.39 is 4.92 Å². The topological polar surface area (TPSA) is 75.5 Å². The second kappa shape index (κ2) is 5.20. The number of nitro benzene ring substituents is 1. The number of amides is 1. The Morgan fingerprint density at radius 3 is 2.85 bits per heavy atom. The summed E-state index contributed by atoms with van der Waals surface area (Å²) >= 11 is 0. The molecule has 1 aromatic rings. The number of nitrogens with zero attached hydrogens (tertiary/aromatic N) is 2. The maximum absolute atomic E-state index is 12.1. The van der Waals surface area contributed by atoms with Gasteiger partial charge in [0.05, 0.1) is 4.92 Å². The van der Waals surface area contributed by atoms with Gasteiger partial charge in [-0.05, 0) is 25.3 Å². The van der Waals surface area contributed by atoms with Gasteiger partial charge in [0.25, 0.3) is 11.6 Å². The molecule has 1 aliphatic heterocycles. The number of carbonyl (C=O) groups excluding carboxylic acids is 1. The van der Waals surface area contributed by atoms with Gasteiger partial charge in [-0.2, -0.15) is 0 Å². The van der Waals surface area contributed by atoms with E-state index in [-0.39, 0.29) is 17.6 Å². The first-order valence-corrected chi connectivity index (χ1v) is 6.93.